The van der Waals surface area contributed by atoms with Crippen LogP contribution in [0.1, 0.15) is 28.6 Å². The molecule has 1 heterocycles. The summed E-state index contributed by atoms with van der Waals surface area (Å²) < 4.78 is 5.24. The normalized spacial score (nSPS) is 12.7. The molecule has 0 bridgehead atoms. The zero-order valence-corrected chi connectivity index (χ0v) is 9.60. The Labute approximate surface area is 95.5 Å². The molecule has 0 saturated heterocycles. The van der Waals surface area contributed by atoms with Crippen molar-refractivity contribution < 1.29 is 9.52 Å². The molecule has 1 aromatic carbocycles. The summed E-state index contributed by atoms with van der Waals surface area (Å²) in [5.41, 5.74) is 3.34. The van der Waals surface area contributed by atoms with Gasteiger partial charge in [-0.05, 0) is 42.7 Å². The fourth-order valence-corrected chi connectivity index (χ4v) is 1.86. The second-order valence-electron chi connectivity index (χ2n) is 4.09. The molecule has 0 aliphatic carbocycles. The van der Waals surface area contributed by atoms with Crippen molar-refractivity contribution in [3.8, 4) is 0 Å². The molecule has 2 aromatic rings. The number of furan rings is 1. The number of aliphatic hydroxyl groups is 1. The summed E-state index contributed by atoms with van der Waals surface area (Å²) >= 11 is 0. The van der Waals surface area contributed by atoms with Crippen LogP contribution in [0.25, 0.3) is 0 Å². The summed E-state index contributed by atoms with van der Waals surface area (Å²) in [6.07, 6.45) is 1.66. The SMILES string of the molecule is Cc1cccc(C(O)Cc2ccco2)c1C. The van der Waals surface area contributed by atoms with E-state index in [4.69, 9.17) is 4.42 Å². The van der Waals surface area contributed by atoms with Crippen LogP contribution in [-0.4, -0.2) is 5.11 Å². The van der Waals surface area contributed by atoms with Gasteiger partial charge in [-0.3, -0.25) is 0 Å². The average molecular weight is 216 g/mol. The minimum absolute atomic E-state index is 0.494. The van der Waals surface area contributed by atoms with Crippen molar-refractivity contribution in [1.29, 1.82) is 0 Å². The highest BCUT2D eigenvalue weighted by Crippen LogP contribution is 2.23. The van der Waals surface area contributed by atoms with E-state index in [1.54, 1.807) is 6.26 Å². The summed E-state index contributed by atoms with van der Waals surface area (Å²) in [7, 11) is 0. The van der Waals surface area contributed by atoms with Gasteiger partial charge in [-0.15, -0.1) is 0 Å². The van der Waals surface area contributed by atoms with Gasteiger partial charge in [-0.2, -0.15) is 0 Å². The van der Waals surface area contributed by atoms with E-state index >= 15 is 0 Å². The molecule has 0 amide bonds. The second-order valence-corrected chi connectivity index (χ2v) is 4.09. The summed E-state index contributed by atoms with van der Waals surface area (Å²) in [4.78, 5) is 0. The Morgan fingerprint density at radius 2 is 2.00 bits per heavy atom. The van der Waals surface area contributed by atoms with Crippen LogP contribution >= 0.6 is 0 Å². The third-order valence-electron chi connectivity index (χ3n) is 2.98. The largest absolute Gasteiger partial charge is 0.469 e. The topological polar surface area (TPSA) is 33.4 Å². The highest BCUT2D eigenvalue weighted by molar-refractivity contribution is 5.35. The van der Waals surface area contributed by atoms with Gasteiger partial charge in [0.2, 0.25) is 0 Å². The number of hydrogen-bond acceptors (Lipinski definition) is 2. The van der Waals surface area contributed by atoms with Gasteiger partial charge >= 0.3 is 0 Å². The average Bonchev–Trinajstić information content (AvgIpc) is 2.74. The molecule has 0 spiro atoms. The quantitative estimate of drug-likeness (QED) is 0.854. The highest BCUT2D eigenvalue weighted by atomic mass is 16.3. The number of aryl methyl sites for hydroxylation is 1. The minimum atomic E-state index is -0.494. The summed E-state index contributed by atoms with van der Waals surface area (Å²) in [5, 5.41) is 10.1. The lowest BCUT2D eigenvalue weighted by atomic mass is 9.97. The van der Waals surface area contributed by atoms with E-state index in [0.29, 0.717) is 6.42 Å². The van der Waals surface area contributed by atoms with Gasteiger partial charge in [0.1, 0.15) is 5.76 Å². The van der Waals surface area contributed by atoms with Crippen LogP contribution in [-0.2, 0) is 6.42 Å². The third kappa shape index (κ3) is 2.17. The van der Waals surface area contributed by atoms with Crippen molar-refractivity contribution in [3.63, 3.8) is 0 Å². The Bertz CT molecular complexity index is 458. The predicted molar refractivity (Wildman–Crippen MR) is 63.3 cm³/mol. The molecule has 1 aromatic heterocycles. The van der Waals surface area contributed by atoms with Gasteiger partial charge in [-0.25, -0.2) is 0 Å². The molecule has 2 heteroatoms. The number of hydrogen-bond donors (Lipinski definition) is 1. The van der Waals surface area contributed by atoms with Crippen LogP contribution in [0.15, 0.2) is 41.0 Å². The highest BCUT2D eigenvalue weighted by Gasteiger charge is 2.13. The first-order chi connectivity index (χ1) is 7.68. The van der Waals surface area contributed by atoms with Crippen molar-refractivity contribution in [2.75, 3.05) is 0 Å². The fourth-order valence-electron chi connectivity index (χ4n) is 1.86. The number of aliphatic hydroxyl groups excluding tert-OH is 1. The lowest BCUT2D eigenvalue weighted by Crippen LogP contribution is -2.04. The molecule has 0 fully saturated rings. The number of benzene rings is 1. The van der Waals surface area contributed by atoms with Crippen LogP contribution in [0.3, 0.4) is 0 Å². The van der Waals surface area contributed by atoms with E-state index in [-0.39, 0.29) is 0 Å². The smallest absolute Gasteiger partial charge is 0.106 e. The molecule has 2 rings (SSSR count). The summed E-state index contributed by atoms with van der Waals surface area (Å²) in [6, 6.07) is 9.72. The van der Waals surface area contributed by atoms with Gasteiger partial charge in [0.15, 0.2) is 0 Å². The molecular formula is C14H16O2. The van der Waals surface area contributed by atoms with Crippen LogP contribution in [0.4, 0.5) is 0 Å². The predicted octanol–water partition coefficient (Wildman–Crippen LogP) is 3.17. The Morgan fingerprint density at radius 1 is 1.19 bits per heavy atom. The molecule has 1 N–H and O–H groups in total. The Kier molecular flexibility index (Phi) is 3.11. The lowest BCUT2D eigenvalue weighted by Gasteiger charge is -2.14. The van der Waals surface area contributed by atoms with Crippen molar-refractivity contribution in [3.05, 3.63) is 59.0 Å². The Morgan fingerprint density at radius 3 is 2.69 bits per heavy atom. The summed E-state index contributed by atoms with van der Waals surface area (Å²) in [5.74, 6) is 0.813. The number of rotatable bonds is 3. The van der Waals surface area contributed by atoms with E-state index in [1.165, 1.54) is 5.56 Å². The monoisotopic (exact) mass is 216 g/mol. The lowest BCUT2D eigenvalue weighted by molar-refractivity contribution is 0.169. The Hall–Kier alpha value is -1.54. The molecule has 16 heavy (non-hydrogen) atoms. The van der Waals surface area contributed by atoms with Crippen molar-refractivity contribution in [2.45, 2.75) is 26.4 Å². The first-order valence-electron chi connectivity index (χ1n) is 5.45. The molecular weight excluding hydrogens is 200 g/mol. The first kappa shape index (κ1) is 11.0. The van der Waals surface area contributed by atoms with Crippen molar-refractivity contribution in [1.82, 2.24) is 0 Å². The van der Waals surface area contributed by atoms with Crippen LogP contribution in [0.2, 0.25) is 0 Å². The van der Waals surface area contributed by atoms with Gasteiger partial charge in [0.05, 0.1) is 12.4 Å². The van der Waals surface area contributed by atoms with Crippen LogP contribution in [0.5, 0.6) is 0 Å². The zero-order valence-electron chi connectivity index (χ0n) is 9.60. The van der Waals surface area contributed by atoms with Gasteiger partial charge in [-0.1, -0.05) is 18.2 Å². The maximum Gasteiger partial charge on any atom is 0.106 e. The fraction of sp³-hybridized carbons (Fsp3) is 0.286. The molecule has 0 aliphatic heterocycles. The van der Waals surface area contributed by atoms with E-state index in [1.807, 2.05) is 31.2 Å². The maximum atomic E-state index is 10.1. The standard InChI is InChI=1S/C14H16O2/c1-10-5-3-7-13(11(10)2)14(15)9-12-6-4-8-16-12/h3-8,14-15H,9H2,1-2H3. The molecule has 0 aliphatic rings. The first-order valence-corrected chi connectivity index (χ1v) is 5.45. The minimum Gasteiger partial charge on any atom is -0.469 e. The van der Waals surface area contributed by atoms with Gasteiger partial charge in [0, 0.05) is 6.42 Å². The van der Waals surface area contributed by atoms with E-state index in [9.17, 15) is 5.11 Å². The third-order valence-corrected chi connectivity index (χ3v) is 2.98. The summed E-state index contributed by atoms with van der Waals surface area (Å²) in [6.45, 7) is 4.09. The second kappa shape index (κ2) is 4.54. The molecule has 2 nitrogen and oxygen atoms in total. The van der Waals surface area contributed by atoms with E-state index in [2.05, 4.69) is 13.0 Å². The van der Waals surface area contributed by atoms with Crippen molar-refractivity contribution >= 4 is 0 Å². The molecule has 0 radical (unpaired) electrons. The molecule has 1 atom stereocenters. The van der Waals surface area contributed by atoms with Crippen LogP contribution in [0, 0.1) is 13.8 Å². The molecule has 0 saturated carbocycles. The van der Waals surface area contributed by atoms with Gasteiger partial charge in [0.25, 0.3) is 0 Å². The Balaban J connectivity index is 2.21. The van der Waals surface area contributed by atoms with Crippen LogP contribution < -0.4 is 0 Å². The van der Waals surface area contributed by atoms with Gasteiger partial charge < -0.3 is 9.52 Å². The molecule has 1 unspecified atom stereocenters. The zero-order chi connectivity index (χ0) is 11.5. The maximum absolute atomic E-state index is 10.1. The van der Waals surface area contributed by atoms with E-state index in [0.717, 1.165) is 16.9 Å². The van der Waals surface area contributed by atoms with E-state index < -0.39 is 6.10 Å². The molecule has 84 valence electrons. The van der Waals surface area contributed by atoms with Crippen molar-refractivity contribution in [2.24, 2.45) is 0 Å².